The molecule has 1 atom stereocenters. The molecule has 1 saturated heterocycles. The lowest BCUT2D eigenvalue weighted by atomic mass is 9.60. The Kier molecular flexibility index (Phi) is 2.61. The molecule has 0 aromatic rings. The first-order valence-electron chi connectivity index (χ1n) is 5.87. The first-order chi connectivity index (χ1) is 6.52. The number of hydrogen-bond donors (Lipinski definition) is 1. The second kappa shape index (κ2) is 3.49. The Labute approximate surface area is 87.4 Å². The fourth-order valence-corrected chi connectivity index (χ4v) is 2.82. The van der Waals surface area contributed by atoms with Crippen molar-refractivity contribution in [3.63, 3.8) is 0 Å². The third-order valence-corrected chi connectivity index (χ3v) is 3.77. The minimum absolute atomic E-state index is 0.260. The highest BCUT2D eigenvalue weighted by Gasteiger charge is 2.47. The third kappa shape index (κ3) is 1.96. The van der Waals surface area contributed by atoms with Crippen LogP contribution in [0.2, 0.25) is 0 Å². The molecule has 2 fully saturated rings. The van der Waals surface area contributed by atoms with E-state index in [1.165, 1.54) is 25.7 Å². The summed E-state index contributed by atoms with van der Waals surface area (Å²) in [5.41, 5.74) is 0.849. The molecule has 14 heavy (non-hydrogen) atoms. The molecule has 1 aliphatic heterocycles. The largest absolute Gasteiger partial charge is 0.381 e. The number of rotatable bonds is 1. The Balaban J connectivity index is 1.94. The molecular weight excluding hydrogens is 174 g/mol. The quantitative estimate of drug-likeness (QED) is 0.696. The zero-order valence-corrected chi connectivity index (χ0v) is 9.73. The zero-order chi connectivity index (χ0) is 10.2. The van der Waals surface area contributed by atoms with Gasteiger partial charge < -0.3 is 10.1 Å². The summed E-state index contributed by atoms with van der Waals surface area (Å²) in [7, 11) is 0. The van der Waals surface area contributed by atoms with Crippen LogP contribution in [0.25, 0.3) is 0 Å². The average molecular weight is 197 g/mol. The zero-order valence-electron chi connectivity index (χ0n) is 9.73. The maximum absolute atomic E-state index is 5.45. The second-order valence-corrected chi connectivity index (χ2v) is 5.96. The first kappa shape index (κ1) is 10.4. The molecule has 1 N–H and O–H groups in total. The molecule has 2 nitrogen and oxygen atoms in total. The highest BCUT2D eigenvalue weighted by atomic mass is 16.5. The summed E-state index contributed by atoms with van der Waals surface area (Å²) < 4.78 is 5.45. The van der Waals surface area contributed by atoms with Gasteiger partial charge in [-0.15, -0.1) is 0 Å². The summed E-state index contributed by atoms with van der Waals surface area (Å²) in [5.74, 6) is 0. The van der Waals surface area contributed by atoms with E-state index < -0.39 is 0 Å². The third-order valence-electron chi connectivity index (χ3n) is 3.77. The Hall–Kier alpha value is -0.0800. The molecule has 1 unspecified atom stereocenters. The van der Waals surface area contributed by atoms with Crippen LogP contribution in [0.15, 0.2) is 0 Å². The lowest BCUT2D eigenvalue weighted by Crippen LogP contribution is -2.60. The molecule has 0 amide bonds. The molecule has 2 aliphatic rings. The van der Waals surface area contributed by atoms with E-state index in [9.17, 15) is 0 Å². The smallest absolute Gasteiger partial charge is 0.0471 e. The van der Waals surface area contributed by atoms with Crippen LogP contribution < -0.4 is 5.32 Å². The van der Waals surface area contributed by atoms with Gasteiger partial charge in [0, 0.05) is 24.8 Å². The molecule has 0 aromatic heterocycles. The summed E-state index contributed by atoms with van der Waals surface area (Å²) in [6, 6.07) is 0.742. The van der Waals surface area contributed by atoms with E-state index in [0.29, 0.717) is 5.41 Å². The van der Waals surface area contributed by atoms with Gasteiger partial charge in [0.2, 0.25) is 0 Å². The molecule has 82 valence electrons. The lowest BCUT2D eigenvalue weighted by Gasteiger charge is -2.54. The van der Waals surface area contributed by atoms with Crippen LogP contribution in [0.4, 0.5) is 0 Å². The summed E-state index contributed by atoms with van der Waals surface area (Å²) >= 11 is 0. The number of nitrogens with one attached hydrogen (secondary N) is 1. The summed E-state index contributed by atoms with van der Waals surface area (Å²) in [5, 5.41) is 3.76. The van der Waals surface area contributed by atoms with Crippen molar-refractivity contribution < 1.29 is 4.74 Å². The first-order valence-corrected chi connectivity index (χ1v) is 5.87. The SMILES string of the molecule is CC(C)(C)NC1CCC12CCOCC2. The van der Waals surface area contributed by atoms with Crippen molar-refractivity contribution in [2.45, 2.75) is 58.0 Å². The van der Waals surface area contributed by atoms with Crippen molar-refractivity contribution >= 4 is 0 Å². The van der Waals surface area contributed by atoms with E-state index in [4.69, 9.17) is 4.74 Å². The summed E-state index contributed by atoms with van der Waals surface area (Å²) in [6.45, 7) is 8.74. The van der Waals surface area contributed by atoms with Gasteiger partial charge in [-0.05, 0) is 51.9 Å². The Morgan fingerprint density at radius 2 is 1.79 bits per heavy atom. The van der Waals surface area contributed by atoms with Crippen LogP contribution in [0.5, 0.6) is 0 Å². The van der Waals surface area contributed by atoms with Crippen LogP contribution in [0.1, 0.15) is 46.5 Å². The van der Waals surface area contributed by atoms with Crippen LogP contribution in [-0.2, 0) is 4.74 Å². The lowest BCUT2D eigenvalue weighted by molar-refractivity contribution is -0.0609. The fraction of sp³-hybridized carbons (Fsp3) is 1.00. The van der Waals surface area contributed by atoms with Gasteiger partial charge in [0.1, 0.15) is 0 Å². The van der Waals surface area contributed by atoms with Gasteiger partial charge in [0.05, 0.1) is 0 Å². The van der Waals surface area contributed by atoms with Crippen molar-refractivity contribution in [3.05, 3.63) is 0 Å². The second-order valence-electron chi connectivity index (χ2n) is 5.96. The van der Waals surface area contributed by atoms with Gasteiger partial charge in [0.25, 0.3) is 0 Å². The Morgan fingerprint density at radius 3 is 2.21 bits per heavy atom. The Bertz CT molecular complexity index is 201. The maximum Gasteiger partial charge on any atom is 0.0471 e. The van der Waals surface area contributed by atoms with E-state index in [1.807, 2.05) is 0 Å². The summed E-state index contributed by atoms with van der Waals surface area (Å²) in [4.78, 5) is 0. The standard InChI is InChI=1S/C12H23NO/c1-11(2,3)13-10-4-5-12(10)6-8-14-9-7-12/h10,13H,4-9H2,1-3H3. The van der Waals surface area contributed by atoms with Crippen LogP contribution in [-0.4, -0.2) is 24.8 Å². The average Bonchev–Trinajstić information content (AvgIpc) is 2.13. The molecule has 2 rings (SSSR count). The van der Waals surface area contributed by atoms with Crippen LogP contribution >= 0.6 is 0 Å². The topological polar surface area (TPSA) is 21.3 Å². The van der Waals surface area contributed by atoms with Gasteiger partial charge in [-0.1, -0.05) is 0 Å². The van der Waals surface area contributed by atoms with E-state index >= 15 is 0 Å². The van der Waals surface area contributed by atoms with Crippen LogP contribution in [0, 0.1) is 5.41 Å². The molecule has 0 bridgehead atoms. The molecule has 1 heterocycles. The molecule has 1 saturated carbocycles. The van der Waals surface area contributed by atoms with E-state index in [-0.39, 0.29) is 5.54 Å². The van der Waals surface area contributed by atoms with E-state index in [2.05, 4.69) is 26.1 Å². The molecular formula is C12H23NO. The van der Waals surface area contributed by atoms with Gasteiger partial charge >= 0.3 is 0 Å². The number of hydrogen-bond acceptors (Lipinski definition) is 2. The van der Waals surface area contributed by atoms with Crippen molar-refractivity contribution in [1.29, 1.82) is 0 Å². The van der Waals surface area contributed by atoms with Gasteiger partial charge in [-0.25, -0.2) is 0 Å². The Morgan fingerprint density at radius 1 is 1.14 bits per heavy atom. The van der Waals surface area contributed by atoms with Gasteiger partial charge in [0.15, 0.2) is 0 Å². The number of ether oxygens (including phenoxy) is 1. The summed E-state index contributed by atoms with van der Waals surface area (Å²) in [6.07, 6.45) is 5.29. The monoisotopic (exact) mass is 197 g/mol. The highest BCUT2D eigenvalue weighted by Crippen LogP contribution is 2.49. The molecule has 1 spiro atoms. The molecule has 1 aliphatic carbocycles. The molecule has 0 aromatic carbocycles. The molecule has 0 radical (unpaired) electrons. The molecule has 2 heteroatoms. The predicted molar refractivity (Wildman–Crippen MR) is 58.4 cm³/mol. The van der Waals surface area contributed by atoms with E-state index in [0.717, 1.165) is 19.3 Å². The fourth-order valence-electron chi connectivity index (χ4n) is 2.82. The minimum atomic E-state index is 0.260. The minimum Gasteiger partial charge on any atom is -0.381 e. The van der Waals surface area contributed by atoms with Gasteiger partial charge in [-0.2, -0.15) is 0 Å². The predicted octanol–water partition coefficient (Wildman–Crippen LogP) is 2.33. The van der Waals surface area contributed by atoms with Crippen molar-refractivity contribution in [1.82, 2.24) is 5.32 Å². The normalized spacial score (nSPS) is 31.5. The van der Waals surface area contributed by atoms with Crippen molar-refractivity contribution in [2.24, 2.45) is 5.41 Å². The maximum atomic E-state index is 5.45. The van der Waals surface area contributed by atoms with Crippen molar-refractivity contribution in [3.8, 4) is 0 Å². The van der Waals surface area contributed by atoms with E-state index in [1.54, 1.807) is 0 Å². The van der Waals surface area contributed by atoms with Crippen molar-refractivity contribution in [2.75, 3.05) is 13.2 Å². The highest BCUT2D eigenvalue weighted by molar-refractivity contribution is 5.03. The van der Waals surface area contributed by atoms with Crippen LogP contribution in [0.3, 0.4) is 0 Å². The van der Waals surface area contributed by atoms with Gasteiger partial charge in [-0.3, -0.25) is 0 Å².